The van der Waals surface area contributed by atoms with Crippen LogP contribution in [0.4, 0.5) is 0 Å². The highest BCUT2D eigenvalue weighted by Crippen LogP contribution is 2.55. The first kappa shape index (κ1) is 24.2. The first-order valence-electron chi connectivity index (χ1n) is 12.3. The van der Waals surface area contributed by atoms with Crippen molar-refractivity contribution in [2.45, 2.75) is 76.4 Å². The van der Waals surface area contributed by atoms with E-state index in [0.717, 1.165) is 11.1 Å². The summed E-state index contributed by atoms with van der Waals surface area (Å²) in [6.07, 6.45) is 1.13. The molecule has 2 aliphatic rings. The number of aromatic hydroxyl groups is 4. The molecule has 0 fully saturated rings. The topological polar surface area (TPSA) is 99.4 Å². The number of phenolic OH excluding ortho intramolecular Hbond substituents is 4. The van der Waals surface area contributed by atoms with Crippen LogP contribution in [-0.2, 0) is 22.0 Å². The Morgan fingerprint density at radius 1 is 0.528 bits per heavy atom. The zero-order valence-corrected chi connectivity index (χ0v) is 21.6. The second-order valence-electron chi connectivity index (χ2n) is 12.0. The van der Waals surface area contributed by atoms with Gasteiger partial charge in [0.15, 0.2) is 0 Å². The average Bonchev–Trinajstić information content (AvgIpc) is 2.71. The molecule has 0 amide bonds. The van der Waals surface area contributed by atoms with Gasteiger partial charge in [-0.15, -0.1) is 0 Å². The molecule has 0 saturated carbocycles. The van der Waals surface area contributed by atoms with Gasteiger partial charge >= 0.3 is 0 Å². The van der Waals surface area contributed by atoms with Crippen LogP contribution in [0.25, 0.3) is 0 Å². The zero-order chi connectivity index (χ0) is 26.3. The Morgan fingerprint density at radius 2 is 0.917 bits per heavy atom. The highest BCUT2D eigenvalue weighted by molar-refractivity contribution is 5.55. The van der Waals surface area contributed by atoms with Gasteiger partial charge in [0.25, 0.3) is 0 Å². The Balaban J connectivity index is 1.63. The van der Waals surface area contributed by atoms with Crippen molar-refractivity contribution < 1.29 is 29.9 Å². The smallest absolute Gasteiger partial charge is 0.136 e. The molecule has 0 aromatic heterocycles. The van der Waals surface area contributed by atoms with Crippen LogP contribution in [0.1, 0.15) is 76.6 Å². The minimum atomic E-state index is -0.937. The van der Waals surface area contributed by atoms with E-state index in [-0.39, 0.29) is 33.8 Å². The third kappa shape index (κ3) is 3.71. The molecule has 2 unspecified atom stereocenters. The lowest BCUT2D eigenvalue weighted by Crippen LogP contribution is -2.43. The molecule has 0 spiro atoms. The summed E-state index contributed by atoms with van der Waals surface area (Å²) in [5.74, 6) is 1.19. The number of rotatable bonds is 2. The summed E-state index contributed by atoms with van der Waals surface area (Å²) in [5, 5.41) is 42.2. The average molecular weight is 491 g/mol. The normalized spacial score (nSPS) is 25.7. The molecule has 2 aliphatic heterocycles. The summed E-state index contributed by atoms with van der Waals surface area (Å²) >= 11 is 0. The van der Waals surface area contributed by atoms with E-state index in [0.29, 0.717) is 35.5 Å². The van der Waals surface area contributed by atoms with Crippen LogP contribution in [0.5, 0.6) is 34.5 Å². The van der Waals surface area contributed by atoms with Gasteiger partial charge in [-0.25, -0.2) is 0 Å². The molecule has 190 valence electrons. The molecule has 5 rings (SSSR count). The van der Waals surface area contributed by atoms with Gasteiger partial charge in [0.2, 0.25) is 0 Å². The van der Waals surface area contributed by atoms with E-state index >= 15 is 0 Å². The Kier molecular flexibility index (Phi) is 5.02. The van der Waals surface area contributed by atoms with Gasteiger partial charge in [-0.3, -0.25) is 0 Å². The standard InChI is InChI=1S/C30H34O6/c1-27(2)15-29(5,35-25-11-17(31)7-9-19(25)27)21-13-22(24(34)14-23(21)33)30(6)16-28(3,4)20-10-8-18(32)12-26(20)36-30/h7-14,31-34H,15-16H2,1-6H3. The Bertz CT molecular complexity index is 1270. The third-order valence-electron chi connectivity index (χ3n) is 7.87. The van der Waals surface area contributed by atoms with Gasteiger partial charge in [-0.2, -0.15) is 0 Å². The number of phenols is 4. The maximum absolute atomic E-state index is 11.0. The largest absolute Gasteiger partial charge is 0.508 e. The Morgan fingerprint density at radius 3 is 1.31 bits per heavy atom. The van der Waals surface area contributed by atoms with Crippen LogP contribution in [0.2, 0.25) is 0 Å². The molecule has 0 aliphatic carbocycles. The van der Waals surface area contributed by atoms with Crippen LogP contribution < -0.4 is 9.47 Å². The molecule has 36 heavy (non-hydrogen) atoms. The molecule has 2 atom stereocenters. The first-order chi connectivity index (χ1) is 16.6. The van der Waals surface area contributed by atoms with Crippen molar-refractivity contribution in [3.05, 3.63) is 70.8 Å². The van der Waals surface area contributed by atoms with E-state index in [1.54, 1.807) is 30.3 Å². The second kappa shape index (κ2) is 7.48. The Labute approximate surface area is 211 Å². The predicted molar refractivity (Wildman–Crippen MR) is 137 cm³/mol. The molecular weight excluding hydrogens is 456 g/mol. The summed E-state index contributed by atoms with van der Waals surface area (Å²) < 4.78 is 12.9. The summed E-state index contributed by atoms with van der Waals surface area (Å²) in [7, 11) is 0. The van der Waals surface area contributed by atoms with Gasteiger partial charge in [0.05, 0.1) is 0 Å². The SMILES string of the molecule is CC1(C)CC(C)(c2cc(C3(C)CC(C)(C)c4ccc(O)cc4O3)c(O)cc2O)Oc2cc(O)ccc21. The lowest BCUT2D eigenvalue weighted by atomic mass is 9.69. The molecule has 2 heterocycles. The van der Waals surface area contributed by atoms with Gasteiger partial charge in [0.1, 0.15) is 45.7 Å². The summed E-state index contributed by atoms with van der Waals surface area (Å²) in [5.41, 5.74) is 0.549. The first-order valence-corrected chi connectivity index (χ1v) is 12.3. The van der Waals surface area contributed by atoms with E-state index in [1.165, 1.54) is 6.07 Å². The van der Waals surface area contributed by atoms with Crippen molar-refractivity contribution in [2.24, 2.45) is 0 Å². The van der Waals surface area contributed by atoms with Crippen molar-refractivity contribution in [1.82, 2.24) is 0 Å². The van der Waals surface area contributed by atoms with Gasteiger partial charge in [-0.1, -0.05) is 39.8 Å². The highest BCUT2D eigenvalue weighted by Gasteiger charge is 2.48. The molecule has 3 aromatic carbocycles. The summed E-state index contributed by atoms with van der Waals surface area (Å²) in [6, 6.07) is 13.4. The van der Waals surface area contributed by atoms with E-state index in [1.807, 2.05) is 26.0 Å². The number of ether oxygens (including phenoxy) is 2. The maximum Gasteiger partial charge on any atom is 0.136 e. The van der Waals surface area contributed by atoms with Gasteiger partial charge in [0, 0.05) is 53.3 Å². The Hall–Kier alpha value is -3.54. The predicted octanol–water partition coefficient (Wildman–Crippen LogP) is 6.46. The third-order valence-corrected chi connectivity index (χ3v) is 7.87. The van der Waals surface area contributed by atoms with Crippen LogP contribution in [0, 0.1) is 0 Å². The van der Waals surface area contributed by atoms with Crippen LogP contribution >= 0.6 is 0 Å². The molecule has 0 saturated heterocycles. The molecule has 4 N–H and O–H groups in total. The van der Waals surface area contributed by atoms with Crippen molar-refractivity contribution in [2.75, 3.05) is 0 Å². The number of fused-ring (bicyclic) bond motifs is 2. The fourth-order valence-electron chi connectivity index (χ4n) is 6.47. The molecule has 6 nitrogen and oxygen atoms in total. The summed E-state index contributed by atoms with van der Waals surface area (Å²) in [4.78, 5) is 0. The van der Waals surface area contributed by atoms with Gasteiger partial charge < -0.3 is 29.9 Å². The maximum atomic E-state index is 11.0. The minimum absolute atomic E-state index is 0.0742. The molecular formula is C30H34O6. The van der Waals surface area contributed by atoms with E-state index in [4.69, 9.17) is 9.47 Å². The lowest BCUT2D eigenvalue weighted by Gasteiger charge is -2.46. The number of hydrogen-bond acceptors (Lipinski definition) is 6. The van der Waals surface area contributed by atoms with Crippen molar-refractivity contribution in [1.29, 1.82) is 0 Å². The molecule has 0 radical (unpaired) electrons. The number of benzene rings is 3. The van der Waals surface area contributed by atoms with E-state index < -0.39 is 11.2 Å². The minimum Gasteiger partial charge on any atom is -0.508 e. The van der Waals surface area contributed by atoms with E-state index in [2.05, 4.69) is 27.7 Å². The zero-order valence-electron chi connectivity index (χ0n) is 21.6. The van der Waals surface area contributed by atoms with Crippen molar-refractivity contribution >= 4 is 0 Å². The number of hydrogen-bond donors (Lipinski definition) is 4. The van der Waals surface area contributed by atoms with E-state index in [9.17, 15) is 20.4 Å². The summed E-state index contributed by atoms with van der Waals surface area (Å²) in [6.45, 7) is 12.3. The van der Waals surface area contributed by atoms with Gasteiger partial charge in [-0.05, 0) is 42.9 Å². The fourth-order valence-corrected chi connectivity index (χ4v) is 6.47. The van der Waals surface area contributed by atoms with Crippen molar-refractivity contribution in [3.8, 4) is 34.5 Å². The monoisotopic (exact) mass is 490 g/mol. The molecule has 6 heteroatoms. The lowest BCUT2D eigenvalue weighted by molar-refractivity contribution is 0.0239. The highest BCUT2D eigenvalue weighted by atomic mass is 16.5. The van der Waals surface area contributed by atoms with Crippen LogP contribution in [0.3, 0.4) is 0 Å². The second-order valence-corrected chi connectivity index (χ2v) is 12.0. The molecule has 3 aromatic rings. The van der Waals surface area contributed by atoms with Crippen LogP contribution in [0.15, 0.2) is 48.5 Å². The fraction of sp³-hybridized carbons (Fsp3) is 0.400. The molecule has 0 bridgehead atoms. The van der Waals surface area contributed by atoms with Crippen LogP contribution in [-0.4, -0.2) is 20.4 Å². The van der Waals surface area contributed by atoms with Crippen molar-refractivity contribution in [3.63, 3.8) is 0 Å². The quantitative estimate of drug-likeness (QED) is 0.329.